The Balaban J connectivity index is 4.13. The van der Waals surface area contributed by atoms with Crippen LogP contribution in [0.1, 0.15) is 143 Å². The Morgan fingerprint density at radius 3 is 1.79 bits per heavy atom. The van der Waals surface area contributed by atoms with E-state index >= 15 is 0 Å². The summed E-state index contributed by atoms with van der Waals surface area (Å²) < 4.78 is 11.1. The molecule has 0 aliphatic rings. The molecule has 0 aliphatic heterocycles. The predicted octanol–water partition coefficient (Wildman–Crippen LogP) is 10.8. The molecule has 39 heavy (non-hydrogen) atoms. The van der Waals surface area contributed by atoms with Crippen molar-refractivity contribution < 1.29 is 14.3 Å². The van der Waals surface area contributed by atoms with Crippen LogP contribution in [-0.4, -0.2) is 44.4 Å². The van der Waals surface area contributed by atoms with Crippen LogP contribution in [0.3, 0.4) is 0 Å². The van der Waals surface area contributed by atoms with E-state index in [4.69, 9.17) is 9.47 Å². The Hall–Kier alpha value is -1.55. The van der Waals surface area contributed by atoms with Gasteiger partial charge in [0.25, 0.3) is 0 Å². The molecule has 2 atom stereocenters. The highest BCUT2D eigenvalue weighted by Crippen LogP contribution is 2.17. The number of allylic oxidation sites excluding steroid dienone is 6. The third-order valence-electron chi connectivity index (χ3n) is 7.03. The quantitative estimate of drug-likeness (QED) is 0.0582. The van der Waals surface area contributed by atoms with Gasteiger partial charge in [-0.3, -0.25) is 0 Å². The largest absolute Gasteiger partial charge is 0.508 e. The zero-order valence-corrected chi connectivity index (χ0v) is 26.6. The molecule has 0 aromatic rings. The van der Waals surface area contributed by atoms with Gasteiger partial charge >= 0.3 is 6.16 Å². The molecule has 0 radical (unpaired) electrons. The number of carbonyl (C=O) groups excluding carboxylic acids is 1. The second-order valence-corrected chi connectivity index (χ2v) is 11.4. The first kappa shape index (κ1) is 37.5. The molecule has 0 saturated heterocycles. The van der Waals surface area contributed by atoms with Crippen LogP contribution in [0.15, 0.2) is 36.5 Å². The molecule has 0 N–H and O–H groups in total. The maximum absolute atomic E-state index is 12.2. The summed E-state index contributed by atoms with van der Waals surface area (Å²) in [6.45, 7) is 8.05. The summed E-state index contributed by atoms with van der Waals surface area (Å²) in [5.74, 6) is 0.543. The van der Waals surface area contributed by atoms with Gasteiger partial charge in [0.2, 0.25) is 0 Å². The van der Waals surface area contributed by atoms with Crippen molar-refractivity contribution in [2.45, 2.75) is 149 Å². The van der Waals surface area contributed by atoms with Crippen LogP contribution >= 0.6 is 0 Å². The van der Waals surface area contributed by atoms with Crippen LogP contribution in [0.2, 0.25) is 0 Å². The Labute approximate surface area is 243 Å². The zero-order valence-electron chi connectivity index (χ0n) is 26.6. The Morgan fingerprint density at radius 2 is 1.23 bits per heavy atom. The van der Waals surface area contributed by atoms with Gasteiger partial charge < -0.3 is 14.4 Å². The van der Waals surface area contributed by atoms with E-state index in [1.54, 1.807) is 0 Å². The molecular formula is C35H65NO3. The summed E-state index contributed by atoms with van der Waals surface area (Å²) in [6, 6.07) is 0. The summed E-state index contributed by atoms with van der Waals surface area (Å²) in [5.41, 5.74) is 0. The summed E-state index contributed by atoms with van der Waals surface area (Å²) in [7, 11) is 4.06. The molecule has 0 heterocycles. The molecule has 4 heteroatoms. The number of unbranched alkanes of at least 4 members (excludes halogenated alkanes) is 12. The number of nitrogens with zero attached hydrogens (tertiary/aromatic N) is 1. The number of ether oxygens (including phenoxy) is 2. The third-order valence-corrected chi connectivity index (χ3v) is 7.03. The molecule has 0 saturated carbocycles. The van der Waals surface area contributed by atoms with Gasteiger partial charge in [-0.05, 0) is 97.1 Å². The lowest BCUT2D eigenvalue weighted by Crippen LogP contribution is -2.21. The van der Waals surface area contributed by atoms with Crippen molar-refractivity contribution >= 4 is 6.16 Å². The molecule has 0 fully saturated rings. The van der Waals surface area contributed by atoms with Crippen LogP contribution in [0.5, 0.6) is 0 Å². The standard InChI is InChI=1S/C35H65NO3/c1-6-8-10-12-13-16-20-24-29-34(39-35(37)38-32-26-31-36(4)5)30-25-21-17-14-15-19-23-28-33(3)27-22-18-11-9-7-2/h8,10,22-23,27-28,33-34H,6-7,9,11-21,24-26,29-32H2,1-5H3/b10-8-,27-22-,28-23-. The first-order valence-corrected chi connectivity index (χ1v) is 16.5. The lowest BCUT2D eigenvalue weighted by atomic mass is 10.0. The predicted molar refractivity (Wildman–Crippen MR) is 170 cm³/mol. The highest BCUT2D eigenvalue weighted by molar-refractivity contribution is 5.60. The average Bonchev–Trinajstić information content (AvgIpc) is 2.91. The fraction of sp³-hybridized carbons (Fsp3) is 0.800. The molecule has 0 amide bonds. The van der Waals surface area contributed by atoms with E-state index in [9.17, 15) is 4.79 Å². The number of hydrogen-bond donors (Lipinski definition) is 0. The van der Waals surface area contributed by atoms with E-state index in [1.807, 2.05) is 14.1 Å². The normalized spacial score (nSPS) is 13.7. The molecule has 2 unspecified atom stereocenters. The summed E-state index contributed by atoms with van der Waals surface area (Å²) in [4.78, 5) is 14.3. The van der Waals surface area contributed by atoms with Crippen molar-refractivity contribution in [3.8, 4) is 0 Å². The van der Waals surface area contributed by atoms with E-state index in [0.29, 0.717) is 12.5 Å². The highest BCUT2D eigenvalue weighted by atomic mass is 16.7. The minimum Gasteiger partial charge on any atom is -0.434 e. The number of rotatable bonds is 27. The van der Waals surface area contributed by atoms with E-state index in [-0.39, 0.29) is 6.10 Å². The van der Waals surface area contributed by atoms with Gasteiger partial charge in [-0.1, -0.05) is 102 Å². The van der Waals surface area contributed by atoms with Gasteiger partial charge in [-0.25, -0.2) is 4.79 Å². The van der Waals surface area contributed by atoms with Crippen molar-refractivity contribution in [2.24, 2.45) is 5.92 Å². The van der Waals surface area contributed by atoms with E-state index in [0.717, 1.165) is 45.1 Å². The molecule has 0 bridgehead atoms. The third kappa shape index (κ3) is 29.3. The first-order chi connectivity index (χ1) is 19.0. The van der Waals surface area contributed by atoms with Gasteiger partial charge in [0.1, 0.15) is 6.10 Å². The Morgan fingerprint density at radius 1 is 0.692 bits per heavy atom. The van der Waals surface area contributed by atoms with Gasteiger partial charge in [0.05, 0.1) is 6.61 Å². The van der Waals surface area contributed by atoms with Crippen LogP contribution in [-0.2, 0) is 9.47 Å². The van der Waals surface area contributed by atoms with Crippen molar-refractivity contribution in [1.82, 2.24) is 4.90 Å². The second-order valence-electron chi connectivity index (χ2n) is 11.4. The molecule has 0 aliphatic carbocycles. The molecular weight excluding hydrogens is 482 g/mol. The summed E-state index contributed by atoms with van der Waals surface area (Å²) in [6.07, 6.45) is 35.8. The van der Waals surface area contributed by atoms with Gasteiger partial charge in [0, 0.05) is 6.54 Å². The van der Waals surface area contributed by atoms with Crippen LogP contribution < -0.4 is 0 Å². The van der Waals surface area contributed by atoms with Crippen LogP contribution in [0.4, 0.5) is 4.79 Å². The Bertz CT molecular complexity index is 611. The Kier molecular flexibility index (Phi) is 28.3. The lowest BCUT2D eigenvalue weighted by molar-refractivity contribution is 0.0150. The van der Waals surface area contributed by atoms with Crippen molar-refractivity contribution in [2.75, 3.05) is 27.2 Å². The second kappa shape index (κ2) is 29.4. The SMILES string of the molecule is CC/C=C\CCCCCCC(CCCCCCC/C=C\C(C)/C=C\CCCCC)OC(=O)OCCCN(C)C. The van der Waals surface area contributed by atoms with E-state index < -0.39 is 6.16 Å². The smallest absolute Gasteiger partial charge is 0.434 e. The summed E-state index contributed by atoms with van der Waals surface area (Å²) in [5, 5.41) is 0. The van der Waals surface area contributed by atoms with Gasteiger partial charge in [-0.2, -0.15) is 0 Å². The highest BCUT2D eigenvalue weighted by Gasteiger charge is 2.15. The maximum Gasteiger partial charge on any atom is 0.508 e. The minimum absolute atomic E-state index is 0.00853. The van der Waals surface area contributed by atoms with E-state index in [2.05, 4.69) is 62.1 Å². The minimum atomic E-state index is -0.486. The molecule has 0 rings (SSSR count). The van der Waals surface area contributed by atoms with Crippen LogP contribution in [0.25, 0.3) is 0 Å². The van der Waals surface area contributed by atoms with Gasteiger partial charge in [0.15, 0.2) is 0 Å². The number of hydrogen-bond acceptors (Lipinski definition) is 4. The van der Waals surface area contributed by atoms with Gasteiger partial charge in [-0.15, -0.1) is 0 Å². The van der Waals surface area contributed by atoms with Crippen molar-refractivity contribution in [3.05, 3.63) is 36.5 Å². The average molecular weight is 548 g/mol. The molecule has 0 aromatic carbocycles. The lowest BCUT2D eigenvalue weighted by Gasteiger charge is -2.18. The zero-order chi connectivity index (χ0) is 28.8. The van der Waals surface area contributed by atoms with E-state index in [1.165, 1.54) is 83.5 Å². The van der Waals surface area contributed by atoms with Crippen molar-refractivity contribution in [1.29, 1.82) is 0 Å². The molecule has 4 nitrogen and oxygen atoms in total. The maximum atomic E-state index is 12.2. The molecule has 0 aromatic heterocycles. The monoisotopic (exact) mass is 547 g/mol. The topological polar surface area (TPSA) is 38.8 Å². The van der Waals surface area contributed by atoms with Crippen LogP contribution in [0, 0.1) is 5.92 Å². The molecule has 228 valence electrons. The fourth-order valence-electron chi connectivity index (χ4n) is 4.60. The fourth-order valence-corrected chi connectivity index (χ4v) is 4.60. The number of carbonyl (C=O) groups is 1. The summed E-state index contributed by atoms with van der Waals surface area (Å²) >= 11 is 0. The first-order valence-electron chi connectivity index (χ1n) is 16.5. The van der Waals surface area contributed by atoms with Crippen molar-refractivity contribution in [3.63, 3.8) is 0 Å². The molecule has 0 spiro atoms.